The van der Waals surface area contributed by atoms with Crippen molar-refractivity contribution in [2.24, 2.45) is 5.92 Å². The van der Waals surface area contributed by atoms with E-state index in [1.165, 1.54) is 17.0 Å². The number of imide groups is 1. The normalized spacial score (nSPS) is 22.2. The molecule has 0 radical (unpaired) electrons. The molecule has 1 aromatic carbocycles. The SMILES string of the molecule is Cc1ccn(CC(=O)N2CCC(C3(C)NC(=O)N(Cc4ccc(F)cc4)C3=O)CC2)n1. The van der Waals surface area contributed by atoms with Crippen LogP contribution in [0.5, 0.6) is 0 Å². The molecule has 0 aliphatic carbocycles. The molecule has 0 spiro atoms. The van der Waals surface area contributed by atoms with Crippen LogP contribution in [0.25, 0.3) is 0 Å². The van der Waals surface area contributed by atoms with E-state index in [4.69, 9.17) is 0 Å². The third kappa shape index (κ3) is 4.17. The van der Waals surface area contributed by atoms with Crippen LogP contribution in [0.2, 0.25) is 0 Å². The van der Waals surface area contributed by atoms with Gasteiger partial charge in [0.1, 0.15) is 17.9 Å². The van der Waals surface area contributed by atoms with Crippen LogP contribution in [0.15, 0.2) is 36.5 Å². The van der Waals surface area contributed by atoms with E-state index in [0.29, 0.717) is 31.5 Å². The van der Waals surface area contributed by atoms with E-state index in [-0.39, 0.29) is 36.6 Å². The molecular weight excluding hydrogens is 401 g/mol. The molecule has 4 amide bonds. The van der Waals surface area contributed by atoms with Gasteiger partial charge in [0.05, 0.1) is 12.2 Å². The van der Waals surface area contributed by atoms with Crippen molar-refractivity contribution < 1.29 is 18.8 Å². The van der Waals surface area contributed by atoms with Crippen LogP contribution in [-0.4, -0.2) is 56.1 Å². The second-order valence-electron chi connectivity index (χ2n) is 8.46. The number of nitrogens with zero attached hydrogens (tertiary/aromatic N) is 4. The Morgan fingerprint density at radius 1 is 1.19 bits per heavy atom. The van der Waals surface area contributed by atoms with Crippen LogP contribution >= 0.6 is 0 Å². The number of aromatic nitrogens is 2. The highest BCUT2D eigenvalue weighted by atomic mass is 19.1. The fraction of sp³-hybridized carbons (Fsp3) is 0.455. The minimum atomic E-state index is -1.01. The van der Waals surface area contributed by atoms with E-state index >= 15 is 0 Å². The fourth-order valence-corrected chi connectivity index (χ4v) is 4.40. The molecule has 2 aromatic rings. The molecule has 2 aliphatic heterocycles. The fourth-order valence-electron chi connectivity index (χ4n) is 4.40. The predicted molar refractivity (Wildman–Crippen MR) is 110 cm³/mol. The van der Waals surface area contributed by atoms with Crippen LogP contribution in [0.4, 0.5) is 9.18 Å². The zero-order valence-electron chi connectivity index (χ0n) is 17.7. The Bertz CT molecular complexity index is 997. The van der Waals surface area contributed by atoms with Gasteiger partial charge < -0.3 is 10.2 Å². The summed E-state index contributed by atoms with van der Waals surface area (Å²) in [5.74, 6) is -0.724. The van der Waals surface area contributed by atoms with Crippen molar-refractivity contribution in [3.8, 4) is 0 Å². The number of likely N-dealkylation sites (tertiary alicyclic amines) is 1. The maximum Gasteiger partial charge on any atom is 0.325 e. The maximum atomic E-state index is 13.1. The number of rotatable bonds is 5. The molecule has 1 unspecified atom stereocenters. The van der Waals surface area contributed by atoms with Gasteiger partial charge >= 0.3 is 6.03 Å². The lowest BCUT2D eigenvalue weighted by Crippen LogP contribution is -2.54. The quantitative estimate of drug-likeness (QED) is 0.740. The van der Waals surface area contributed by atoms with Gasteiger partial charge in [0, 0.05) is 19.3 Å². The van der Waals surface area contributed by atoms with E-state index in [2.05, 4.69) is 10.4 Å². The zero-order chi connectivity index (χ0) is 22.2. The molecule has 3 heterocycles. The molecule has 1 atom stereocenters. The van der Waals surface area contributed by atoms with Gasteiger partial charge in [-0.3, -0.25) is 19.2 Å². The molecular formula is C22H26FN5O3. The highest BCUT2D eigenvalue weighted by Crippen LogP contribution is 2.34. The average molecular weight is 427 g/mol. The van der Waals surface area contributed by atoms with Gasteiger partial charge in [-0.15, -0.1) is 0 Å². The third-order valence-corrected chi connectivity index (χ3v) is 6.29. The summed E-state index contributed by atoms with van der Waals surface area (Å²) in [6.45, 7) is 4.98. The summed E-state index contributed by atoms with van der Waals surface area (Å²) in [7, 11) is 0. The summed E-state index contributed by atoms with van der Waals surface area (Å²) < 4.78 is 14.8. The van der Waals surface area contributed by atoms with Crippen molar-refractivity contribution in [1.29, 1.82) is 0 Å². The Kier molecular flexibility index (Phi) is 5.51. The predicted octanol–water partition coefficient (Wildman–Crippen LogP) is 2.08. The summed E-state index contributed by atoms with van der Waals surface area (Å²) in [5, 5.41) is 7.11. The first kappa shape index (κ1) is 21.0. The largest absolute Gasteiger partial charge is 0.341 e. The highest BCUT2D eigenvalue weighted by Gasteiger charge is 2.52. The molecule has 1 N–H and O–H groups in total. The monoisotopic (exact) mass is 427 g/mol. The topological polar surface area (TPSA) is 87.5 Å². The molecule has 31 heavy (non-hydrogen) atoms. The molecule has 0 bridgehead atoms. The Balaban J connectivity index is 1.37. The molecule has 0 saturated carbocycles. The number of nitrogens with one attached hydrogen (secondary N) is 1. The van der Waals surface area contributed by atoms with Gasteiger partial charge in [-0.25, -0.2) is 9.18 Å². The van der Waals surface area contributed by atoms with Gasteiger partial charge in [-0.05, 0) is 56.4 Å². The molecule has 9 heteroatoms. The van der Waals surface area contributed by atoms with Crippen molar-refractivity contribution in [2.45, 2.75) is 45.3 Å². The summed E-state index contributed by atoms with van der Waals surface area (Å²) in [6, 6.07) is 7.17. The lowest BCUT2D eigenvalue weighted by Gasteiger charge is -2.38. The Hall–Kier alpha value is -3.23. The van der Waals surface area contributed by atoms with Crippen LogP contribution < -0.4 is 5.32 Å². The highest BCUT2D eigenvalue weighted by molar-refractivity contribution is 6.07. The number of benzene rings is 1. The Labute approximate surface area is 180 Å². The number of piperidine rings is 1. The zero-order valence-corrected chi connectivity index (χ0v) is 17.7. The summed E-state index contributed by atoms with van der Waals surface area (Å²) in [6.07, 6.45) is 3.02. The van der Waals surface area contributed by atoms with Crippen LogP contribution in [0, 0.1) is 18.7 Å². The van der Waals surface area contributed by atoms with E-state index in [1.54, 1.807) is 34.8 Å². The average Bonchev–Trinajstić information content (AvgIpc) is 3.25. The van der Waals surface area contributed by atoms with Gasteiger partial charge in [0.25, 0.3) is 5.91 Å². The van der Waals surface area contributed by atoms with Crippen molar-refractivity contribution in [1.82, 2.24) is 24.9 Å². The smallest absolute Gasteiger partial charge is 0.325 e. The summed E-state index contributed by atoms with van der Waals surface area (Å²) in [4.78, 5) is 41.2. The number of hydrogen-bond acceptors (Lipinski definition) is 4. The van der Waals surface area contributed by atoms with E-state index in [1.807, 2.05) is 13.0 Å². The molecule has 4 rings (SSSR count). The van der Waals surface area contributed by atoms with Crippen molar-refractivity contribution in [2.75, 3.05) is 13.1 Å². The Morgan fingerprint density at radius 3 is 2.48 bits per heavy atom. The lowest BCUT2D eigenvalue weighted by atomic mass is 9.79. The first-order valence-electron chi connectivity index (χ1n) is 10.4. The minimum Gasteiger partial charge on any atom is -0.341 e. The van der Waals surface area contributed by atoms with Crippen molar-refractivity contribution >= 4 is 17.8 Å². The minimum absolute atomic E-state index is 0.00794. The van der Waals surface area contributed by atoms with Crippen molar-refractivity contribution in [3.63, 3.8) is 0 Å². The van der Waals surface area contributed by atoms with E-state index < -0.39 is 11.6 Å². The maximum absolute atomic E-state index is 13.1. The number of urea groups is 1. The Morgan fingerprint density at radius 2 is 1.87 bits per heavy atom. The van der Waals surface area contributed by atoms with Crippen LogP contribution in [-0.2, 0) is 22.7 Å². The van der Waals surface area contributed by atoms with E-state index in [0.717, 1.165) is 5.69 Å². The molecule has 2 aliphatic rings. The third-order valence-electron chi connectivity index (χ3n) is 6.29. The lowest BCUT2D eigenvalue weighted by molar-refractivity contribution is -0.136. The van der Waals surface area contributed by atoms with Crippen LogP contribution in [0.1, 0.15) is 31.0 Å². The summed E-state index contributed by atoms with van der Waals surface area (Å²) >= 11 is 0. The number of hydrogen-bond donors (Lipinski definition) is 1. The second-order valence-corrected chi connectivity index (χ2v) is 8.46. The van der Waals surface area contributed by atoms with Gasteiger partial charge in [0.2, 0.25) is 5.91 Å². The molecule has 1 aromatic heterocycles. The second kappa shape index (κ2) is 8.13. The molecule has 8 nitrogen and oxygen atoms in total. The van der Waals surface area contributed by atoms with Gasteiger partial charge in [-0.1, -0.05) is 12.1 Å². The first-order valence-corrected chi connectivity index (χ1v) is 10.4. The number of amides is 4. The first-order chi connectivity index (χ1) is 14.8. The summed E-state index contributed by atoms with van der Waals surface area (Å²) in [5.41, 5.74) is 0.536. The number of aryl methyl sites for hydroxylation is 1. The number of halogens is 1. The standard InChI is InChI=1S/C22H26FN5O3/c1-15-7-12-27(25-15)14-19(29)26-10-8-17(9-11-26)22(2)20(30)28(21(31)24-22)13-16-3-5-18(23)6-4-16/h3-7,12,17H,8-11,13-14H2,1-2H3,(H,24,31). The van der Waals surface area contributed by atoms with Crippen LogP contribution in [0.3, 0.4) is 0 Å². The number of carbonyl (C=O) groups is 3. The molecule has 2 fully saturated rings. The molecule has 164 valence electrons. The van der Waals surface area contributed by atoms with Gasteiger partial charge in [0.15, 0.2) is 0 Å². The van der Waals surface area contributed by atoms with Crippen molar-refractivity contribution in [3.05, 3.63) is 53.6 Å². The van der Waals surface area contributed by atoms with Gasteiger partial charge in [-0.2, -0.15) is 5.10 Å². The molecule has 2 saturated heterocycles. The number of carbonyl (C=O) groups excluding carboxylic acids is 3. The van der Waals surface area contributed by atoms with E-state index in [9.17, 15) is 18.8 Å².